The minimum Gasteiger partial charge on any atom is -0.446 e. The summed E-state index contributed by atoms with van der Waals surface area (Å²) in [6.07, 6.45) is 2.91. The molecule has 4 nitrogen and oxygen atoms in total. The highest BCUT2D eigenvalue weighted by atomic mass is 16.4. The number of amides is 1. The number of oxazole rings is 1. The predicted octanol–water partition coefficient (Wildman–Crippen LogP) is 1.69. The molecule has 1 aromatic rings. The van der Waals surface area contributed by atoms with E-state index in [2.05, 4.69) is 10.3 Å². The van der Waals surface area contributed by atoms with Crippen LogP contribution in [-0.2, 0) is 11.2 Å². The molecule has 0 bridgehead atoms. The molecule has 0 saturated carbocycles. The van der Waals surface area contributed by atoms with E-state index < -0.39 is 0 Å². The second-order valence-corrected chi connectivity index (χ2v) is 4.06. The molecular weight excluding hydrogens is 192 g/mol. The largest absolute Gasteiger partial charge is 0.446 e. The standard InChI is InChI=1S/C11H18N2O2/c1-8(2)6-10(14)12-5-4-11-13-7-9(3)15-11/h7-8H,4-6H2,1-3H3,(H,12,14). The maximum absolute atomic E-state index is 11.3. The first kappa shape index (κ1) is 11.8. The summed E-state index contributed by atoms with van der Waals surface area (Å²) in [5.41, 5.74) is 0. The third-order valence-electron chi connectivity index (χ3n) is 1.92. The molecule has 84 valence electrons. The van der Waals surface area contributed by atoms with Gasteiger partial charge in [-0.25, -0.2) is 4.98 Å². The first-order valence-electron chi connectivity index (χ1n) is 5.26. The lowest BCUT2D eigenvalue weighted by Crippen LogP contribution is -2.26. The van der Waals surface area contributed by atoms with Gasteiger partial charge in [0.1, 0.15) is 5.76 Å². The molecule has 1 rings (SSSR count). The quantitative estimate of drug-likeness (QED) is 0.804. The van der Waals surface area contributed by atoms with Crippen molar-refractivity contribution in [2.24, 2.45) is 5.92 Å². The van der Waals surface area contributed by atoms with Gasteiger partial charge in [0, 0.05) is 19.4 Å². The molecule has 0 spiro atoms. The van der Waals surface area contributed by atoms with Gasteiger partial charge in [-0.05, 0) is 12.8 Å². The first-order valence-corrected chi connectivity index (χ1v) is 5.26. The molecule has 1 heterocycles. The molecule has 1 N–H and O–H groups in total. The van der Waals surface area contributed by atoms with Crippen LogP contribution in [0.4, 0.5) is 0 Å². The van der Waals surface area contributed by atoms with Crippen LogP contribution in [-0.4, -0.2) is 17.4 Å². The number of aromatic nitrogens is 1. The highest BCUT2D eigenvalue weighted by molar-refractivity contribution is 5.75. The lowest BCUT2D eigenvalue weighted by molar-refractivity contribution is -0.121. The highest BCUT2D eigenvalue weighted by Gasteiger charge is 2.05. The van der Waals surface area contributed by atoms with E-state index in [-0.39, 0.29) is 5.91 Å². The number of hydrogen-bond donors (Lipinski definition) is 1. The van der Waals surface area contributed by atoms with Gasteiger partial charge in [-0.2, -0.15) is 0 Å². The van der Waals surface area contributed by atoms with Gasteiger partial charge in [0.2, 0.25) is 5.91 Å². The van der Waals surface area contributed by atoms with Crippen LogP contribution in [0, 0.1) is 12.8 Å². The monoisotopic (exact) mass is 210 g/mol. The topological polar surface area (TPSA) is 55.1 Å². The Labute approximate surface area is 90.1 Å². The van der Waals surface area contributed by atoms with Crippen molar-refractivity contribution in [3.63, 3.8) is 0 Å². The zero-order valence-electron chi connectivity index (χ0n) is 9.54. The Morgan fingerprint density at radius 3 is 2.87 bits per heavy atom. The van der Waals surface area contributed by atoms with Crippen LogP contribution in [0.15, 0.2) is 10.6 Å². The number of nitrogens with zero attached hydrogens (tertiary/aromatic N) is 1. The molecular formula is C11H18N2O2. The Kier molecular flexibility index (Phi) is 4.34. The zero-order chi connectivity index (χ0) is 11.3. The average Bonchev–Trinajstić information content (AvgIpc) is 2.50. The van der Waals surface area contributed by atoms with Crippen LogP contribution >= 0.6 is 0 Å². The van der Waals surface area contributed by atoms with Crippen molar-refractivity contribution in [3.8, 4) is 0 Å². The second-order valence-electron chi connectivity index (χ2n) is 4.06. The van der Waals surface area contributed by atoms with Gasteiger partial charge in [0.25, 0.3) is 0 Å². The minimum atomic E-state index is 0.0910. The summed E-state index contributed by atoms with van der Waals surface area (Å²) in [4.78, 5) is 15.3. The number of carbonyl (C=O) groups is 1. The highest BCUT2D eigenvalue weighted by Crippen LogP contribution is 2.02. The molecule has 1 aromatic heterocycles. The van der Waals surface area contributed by atoms with Gasteiger partial charge in [0.15, 0.2) is 5.89 Å². The second kappa shape index (κ2) is 5.53. The Hall–Kier alpha value is -1.32. The van der Waals surface area contributed by atoms with E-state index >= 15 is 0 Å². The van der Waals surface area contributed by atoms with E-state index in [1.807, 2.05) is 20.8 Å². The number of aryl methyl sites for hydroxylation is 1. The minimum absolute atomic E-state index is 0.0910. The van der Waals surface area contributed by atoms with Gasteiger partial charge in [-0.1, -0.05) is 13.8 Å². The summed E-state index contributed by atoms with van der Waals surface area (Å²) in [5.74, 6) is 1.97. The van der Waals surface area contributed by atoms with Crippen molar-refractivity contribution in [2.45, 2.75) is 33.6 Å². The van der Waals surface area contributed by atoms with Crippen LogP contribution < -0.4 is 5.32 Å². The molecule has 0 saturated heterocycles. The third kappa shape index (κ3) is 4.63. The van der Waals surface area contributed by atoms with Crippen LogP contribution in [0.5, 0.6) is 0 Å². The normalized spacial score (nSPS) is 10.7. The zero-order valence-corrected chi connectivity index (χ0v) is 9.54. The molecule has 0 unspecified atom stereocenters. The van der Waals surface area contributed by atoms with E-state index in [4.69, 9.17) is 4.42 Å². The lowest BCUT2D eigenvalue weighted by atomic mass is 10.1. The van der Waals surface area contributed by atoms with Crippen molar-refractivity contribution >= 4 is 5.91 Å². The molecule has 0 radical (unpaired) electrons. The van der Waals surface area contributed by atoms with Crippen molar-refractivity contribution in [1.29, 1.82) is 0 Å². The maximum atomic E-state index is 11.3. The molecule has 0 aliphatic rings. The number of carbonyl (C=O) groups excluding carboxylic acids is 1. The smallest absolute Gasteiger partial charge is 0.220 e. The summed E-state index contributed by atoms with van der Waals surface area (Å²) < 4.78 is 5.28. The van der Waals surface area contributed by atoms with Crippen molar-refractivity contribution < 1.29 is 9.21 Å². The number of nitrogens with one attached hydrogen (secondary N) is 1. The Balaban J connectivity index is 2.19. The van der Waals surface area contributed by atoms with Gasteiger partial charge in [-0.15, -0.1) is 0 Å². The van der Waals surface area contributed by atoms with Gasteiger partial charge in [0.05, 0.1) is 6.20 Å². The van der Waals surface area contributed by atoms with E-state index in [1.165, 1.54) is 0 Å². The summed E-state index contributed by atoms with van der Waals surface area (Å²) >= 11 is 0. The van der Waals surface area contributed by atoms with Crippen molar-refractivity contribution in [1.82, 2.24) is 10.3 Å². The van der Waals surface area contributed by atoms with Crippen LogP contribution in [0.3, 0.4) is 0 Å². The fourth-order valence-electron chi connectivity index (χ4n) is 1.27. The summed E-state index contributed by atoms with van der Waals surface area (Å²) in [5, 5.41) is 2.83. The van der Waals surface area contributed by atoms with Gasteiger partial charge in [-0.3, -0.25) is 4.79 Å². The van der Waals surface area contributed by atoms with E-state index in [1.54, 1.807) is 6.20 Å². The fourth-order valence-corrected chi connectivity index (χ4v) is 1.27. The third-order valence-corrected chi connectivity index (χ3v) is 1.92. The molecule has 0 aliphatic heterocycles. The number of rotatable bonds is 5. The predicted molar refractivity (Wildman–Crippen MR) is 57.4 cm³/mol. The molecule has 15 heavy (non-hydrogen) atoms. The van der Waals surface area contributed by atoms with Gasteiger partial charge < -0.3 is 9.73 Å². The van der Waals surface area contributed by atoms with E-state index in [0.29, 0.717) is 31.2 Å². The molecule has 4 heteroatoms. The van der Waals surface area contributed by atoms with Crippen LogP contribution in [0.25, 0.3) is 0 Å². The summed E-state index contributed by atoms with van der Waals surface area (Å²) in [6, 6.07) is 0. The molecule has 0 fully saturated rings. The maximum Gasteiger partial charge on any atom is 0.220 e. The molecule has 0 atom stereocenters. The van der Waals surface area contributed by atoms with E-state index in [9.17, 15) is 4.79 Å². The van der Waals surface area contributed by atoms with Gasteiger partial charge >= 0.3 is 0 Å². The van der Waals surface area contributed by atoms with Crippen molar-refractivity contribution in [3.05, 3.63) is 17.8 Å². The molecule has 0 aromatic carbocycles. The average molecular weight is 210 g/mol. The molecule has 1 amide bonds. The fraction of sp³-hybridized carbons (Fsp3) is 0.636. The molecule has 0 aliphatic carbocycles. The first-order chi connectivity index (χ1) is 7.08. The summed E-state index contributed by atoms with van der Waals surface area (Å²) in [6.45, 7) is 6.49. The lowest BCUT2D eigenvalue weighted by Gasteiger charge is -2.05. The van der Waals surface area contributed by atoms with Crippen LogP contribution in [0.1, 0.15) is 31.9 Å². The Bertz CT molecular complexity index is 318. The Morgan fingerprint density at radius 1 is 1.60 bits per heavy atom. The SMILES string of the molecule is Cc1cnc(CCNC(=O)CC(C)C)o1. The van der Waals surface area contributed by atoms with E-state index in [0.717, 1.165) is 5.76 Å². The van der Waals surface area contributed by atoms with Crippen molar-refractivity contribution in [2.75, 3.05) is 6.54 Å². The number of hydrogen-bond acceptors (Lipinski definition) is 3. The van der Waals surface area contributed by atoms with Crippen LogP contribution in [0.2, 0.25) is 0 Å². The Morgan fingerprint density at radius 2 is 2.33 bits per heavy atom. The summed E-state index contributed by atoms with van der Waals surface area (Å²) in [7, 11) is 0.